The highest BCUT2D eigenvalue weighted by atomic mass is 16.5. The van der Waals surface area contributed by atoms with Gasteiger partial charge in [-0.15, -0.1) is 0 Å². The Labute approximate surface area is 78.0 Å². The van der Waals surface area contributed by atoms with Gasteiger partial charge in [0.1, 0.15) is 0 Å². The van der Waals surface area contributed by atoms with E-state index in [2.05, 4.69) is 0 Å². The second-order valence-electron chi connectivity index (χ2n) is 3.95. The molecule has 1 unspecified atom stereocenters. The lowest BCUT2D eigenvalue weighted by Crippen LogP contribution is -2.57. The number of urea groups is 1. The van der Waals surface area contributed by atoms with E-state index in [0.29, 0.717) is 19.6 Å². The van der Waals surface area contributed by atoms with Crippen molar-refractivity contribution in [2.24, 2.45) is 11.5 Å². The number of morpholine rings is 1. The molecule has 0 spiro atoms. The summed E-state index contributed by atoms with van der Waals surface area (Å²) in [7, 11) is 0. The highest BCUT2D eigenvalue weighted by Crippen LogP contribution is 2.19. The maximum absolute atomic E-state index is 11.0. The zero-order valence-electron chi connectivity index (χ0n) is 8.12. The van der Waals surface area contributed by atoms with Gasteiger partial charge in [-0.3, -0.25) is 0 Å². The molecule has 1 atom stereocenters. The molecule has 1 rings (SSSR count). The van der Waals surface area contributed by atoms with E-state index >= 15 is 0 Å². The summed E-state index contributed by atoms with van der Waals surface area (Å²) in [6.07, 6.45) is -0.101. The molecule has 1 aliphatic rings. The van der Waals surface area contributed by atoms with E-state index in [-0.39, 0.29) is 11.7 Å². The van der Waals surface area contributed by atoms with E-state index < -0.39 is 6.03 Å². The molecular formula is C8H17N3O2. The van der Waals surface area contributed by atoms with Crippen LogP contribution < -0.4 is 11.5 Å². The van der Waals surface area contributed by atoms with Crippen LogP contribution >= 0.6 is 0 Å². The first kappa shape index (κ1) is 10.3. The summed E-state index contributed by atoms with van der Waals surface area (Å²) in [6.45, 7) is 5.27. The van der Waals surface area contributed by atoms with Gasteiger partial charge in [-0.05, 0) is 13.8 Å². The SMILES string of the molecule is CC1(C)CN(C(N)=O)CC(CN)O1. The summed E-state index contributed by atoms with van der Waals surface area (Å²) in [5.74, 6) is 0. The van der Waals surface area contributed by atoms with Crippen molar-refractivity contribution in [1.29, 1.82) is 0 Å². The number of rotatable bonds is 1. The molecule has 0 aromatic carbocycles. The Kier molecular flexibility index (Phi) is 2.77. The first-order valence-electron chi connectivity index (χ1n) is 4.37. The van der Waals surface area contributed by atoms with Crippen LogP contribution in [0, 0.1) is 0 Å². The number of amides is 2. The molecule has 5 nitrogen and oxygen atoms in total. The summed E-state index contributed by atoms with van der Waals surface area (Å²) in [5, 5.41) is 0. The van der Waals surface area contributed by atoms with E-state index in [1.165, 1.54) is 0 Å². The molecular weight excluding hydrogens is 170 g/mol. The van der Waals surface area contributed by atoms with Gasteiger partial charge in [0.05, 0.1) is 18.2 Å². The Morgan fingerprint density at radius 1 is 1.69 bits per heavy atom. The molecule has 1 aliphatic heterocycles. The quantitative estimate of drug-likeness (QED) is 0.580. The second kappa shape index (κ2) is 3.51. The summed E-state index contributed by atoms with van der Waals surface area (Å²) in [5.41, 5.74) is 10.3. The van der Waals surface area contributed by atoms with E-state index in [4.69, 9.17) is 16.2 Å². The first-order chi connectivity index (χ1) is 5.94. The third-order valence-corrected chi connectivity index (χ3v) is 2.06. The molecule has 0 aromatic rings. The maximum Gasteiger partial charge on any atom is 0.314 e. The number of primary amides is 1. The van der Waals surface area contributed by atoms with Crippen molar-refractivity contribution >= 4 is 6.03 Å². The fraction of sp³-hybridized carbons (Fsp3) is 0.875. The summed E-state index contributed by atoms with van der Waals surface area (Å²) in [4.78, 5) is 12.5. The standard InChI is InChI=1S/C8H17N3O2/c1-8(2)5-11(7(10)12)4-6(3-9)13-8/h6H,3-5,9H2,1-2H3,(H2,10,12). The third-order valence-electron chi connectivity index (χ3n) is 2.06. The monoisotopic (exact) mass is 187 g/mol. The van der Waals surface area contributed by atoms with Crippen LogP contribution in [-0.2, 0) is 4.74 Å². The highest BCUT2D eigenvalue weighted by molar-refractivity contribution is 5.72. The third kappa shape index (κ3) is 2.57. The lowest BCUT2D eigenvalue weighted by Gasteiger charge is -2.41. The fourth-order valence-corrected chi connectivity index (χ4v) is 1.59. The number of nitrogens with zero attached hydrogens (tertiary/aromatic N) is 1. The van der Waals surface area contributed by atoms with Crippen molar-refractivity contribution in [2.45, 2.75) is 25.6 Å². The Hall–Kier alpha value is -0.810. The van der Waals surface area contributed by atoms with Crippen LogP contribution in [0.15, 0.2) is 0 Å². The van der Waals surface area contributed by atoms with Crippen LogP contribution in [0.1, 0.15) is 13.8 Å². The zero-order chi connectivity index (χ0) is 10.1. The number of nitrogens with two attached hydrogens (primary N) is 2. The molecule has 0 bridgehead atoms. The normalized spacial score (nSPS) is 27.3. The van der Waals surface area contributed by atoms with Crippen molar-refractivity contribution in [3.05, 3.63) is 0 Å². The molecule has 13 heavy (non-hydrogen) atoms. The van der Waals surface area contributed by atoms with E-state index in [1.807, 2.05) is 13.8 Å². The number of hydrogen-bond acceptors (Lipinski definition) is 3. The molecule has 5 heteroatoms. The smallest absolute Gasteiger partial charge is 0.314 e. The van der Waals surface area contributed by atoms with Gasteiger partial charge in [0.25, 0.3) is 0 Å². The number of hydrogen-bond donors (Lipinski definition) is 2. The molecule has 2 amide bonds. The molecule has 1 fully saturated rings. The predicted molar refractivity (Wildman–Crippen MR) is 49.2 cm³/mol. The molecule has 0 saturated carbocycles. The van der Waals surface area contributed by atoms with Gasteiger partial charge in [-0.2, -0.15) is 0 Å². The van der Waals surface area contributed by atoms with Crippen LogP contribution in [0.4, 0.5) is 4.79 Å². The van der Waals surface area contributed by atoms with Crippen LogP contribution in [0.5, 0.6) is 0 Å². The average molecular weight is 187 g/mol. The van der Waals surface area contributed by atoms with Gasteiger partial charge in [0.15, 0.2) is 0 Å². The summed E-state index contributed by atoms with van der Waals surface area (Å²) < 4.78 is 5.63. The largest absolute Gasteiger partial charge is 0.367 e. The maximum atomic E-state index is 11.0. The van der Waals surface area contributed by atoms with E-state index in [0.717, 1.165) is 0 Å². The van der Waals surface area contributed by atoms with Gasteiger partial charge in [0, 0.05) is 13.1 Å². The molecule has 76 valence electrons. The van der Waals surface area contributed by atoms with Crippen LogP contribution in [0.3, 0.4) is 0 Å². The molecule has 1 heterocycles. The minimum atomic E-state index is -0.408. The second-order valence-corrected chi connectivity index (χ2v) is 3.95. The van der Waals surface area contributed by atoms with Crippen molar-refractivity contribution < 1.29 is 9.53 Å². The van der Waals surface area contributed by atoms with Gasteiger partial charge in [-0.1, -0.05) is 0 Å². The number of carbonyl (C=O) groups is 1. The van der Waals surface area contributed by atoms with Crippen LogP contribution in [0.2, 0.25) is 0 Å². The van der Waals surface area contributed by atoms with Crippen LogP contribution in [0.25, 0.3) is 0 Å². The van der Waals surface area contributed by atoms with Crippen molar-refractivity contribution in [3.63, 3.8) is 0 Å². The summed E-state index contributed by atoms with van der Waals surface area (Å²) >= 11 is 0. The Bertz CT molecular complexity index is 206. The molecule has 0 aromatic heterocycles. The average Bonchev–Trinajstić information content (AvgIpc) is 2.01. The Morgan fingerprint density at radius 3 is 2.77 bits per heavy atom. The minimum Gasteiger partial charge on any atom is -0.367 e. The fourth-order valence-electron chi connectivity index (χ4n) is 1.59. The molecule has 0 radical (unpaired) electrons. The van der Waals surface area contributed by atoms with Crippen molar-refractivity contribution in [2.75, 3.05) is 19.6 Å². The van der Waals surface area contributed by atoms with E-state index in [9.17, 15) is 4.79 Å². The predicted octanol–water partition coefficient (Wildman–Crippen LogP) is -0.497. The summed E-state index contributed by atoms with van der Waals surface area (Å²) in [6, 6.07) is -0.408. The van der Waals surface area contributed by atoms with Gasteiger partial charge < -0.3 is 21.1 Å². The first-order valence-corrected chi connectivity index (χ1v) is 4.37. The number of carbonyl (C=O) groups excluding carboxylic acids is 1. The topological polar surface area (TPSA) is 81.6 Å². The molecule has 1 saturated heterocycles. The molecule has 0 aliphatic carbocycles. The Morgan fingerprint density at radius 2 is 2.31 bits per heavy atom. The van der Waals surface area contributed by atoms with Crippen molar-refractivity contribution in [1.82, 2.24) is 4.90 Å². The highest BCUT2D eigenvalue weighted by Gasteiger charge is 2.34. The van der Waals surface area contributed by atoms with Crippen molar-refractivity contribution in [3.8, 4) is 0 Å². The van der Waals surface area contributed by atoms with E-state index in [1.54, 1.807) is 4.90 Å². The zero-order valence-corrected chi connectivity index (χ0v) is 8.12. The number of ether oxygens (including phenoxy) is 1. The van der Waals surface area contributed by atoms with Gasteiger partial charge >= 0.3 is 6.03 Å². The van der Waals surface area contributed by atoms with Gasteiger partial charge in [-0.25, -0.2) is 4.79 Å². The van der Waals surface area contributed by atoms with Gasteiger partial charge in [0.2, 0.25) is 0 Å². The lowest BCUT2D eigenvalue weighted by atomic mass is 10.1. The molecule has 4 N–H and O–H groups in total. The lowest BCUT2D eigenvalue weighted by molar-refractivity contribution is -0.119. The van der Waals surface area contributed by atoms with Crippen LogP contribution in [-0.4, -0.2) is 42.3 Å². The Balaban J connectivity index is 2.65. The minimum absolute atomic E-state index is 0.101.